The Morgan fingerprint density at radius 3 is 2.25 bits per heavy atom. The van der Waals surface area contributed by atoms with Gasteiger partial charge in [0.25, 0.3) is 0 Å². The van der Waals surface area contributed by atoms with E-state index in [1.165, 1.54) is 18.4 Å². The van der Waals surface area contributed by atoms with Gasteiger partial charge in [0, 0.05) is 0 Å². The molecule has 2 rings (SSSR count). The summed E-state index contributed by atoms with van der Waals surface area (Å²) >= 11 is -1.83. The van der Waals surface area contributed by atoms with Crippen molar-refractivity contribution in [2.24, 2.45) is 0 Å². The molecule has 1 saturated carbocycles. The summed E-state index contributed by atoms with van der Waals surface area (Å²) in [5.74, 6) is 0.714. The van der Waals surface area contributed by atoms with Crippen LogP contribution in [0.3, 0.4) is 0 Å². The van der Waals surface area contributed by atoms with Crippen molar-refractivity contribution in [2.45, 2.75) is 23.7 Å². The summed E-state index contributed by atoms with van der Waals surface area (Å²) in [7, 11) is 0. The van der Waals surface area contributed by atoms with Crippen LogP contribution < -0.4 is 0 Å². The summed E-state index contributed by atoms with van der Waals surface area (Å²) in [5, 5.41) is 0. The summed E-state index contributed by atoms with van der Waals surface area (Å²) in [6.45, 7) is 0. The molecule has 1 aromatic rings. The highest BCUT2D eigenvalue weighted by molar-refractivity contribution is 7.79. The molecule has 0 saturated heterocycles. The van der Waals surface area contributed by atoms with E-state index in [0.717, 1.165) is 0 Å². The molecule has 1 N–H and O–H groups in total. The SMILES string of the molecule is O=S(O)c1ccc(C2CC2)cc1. The molecule has 0 radical (unpaired) electrons. The second-order valence-corrected chi connectivity index (χ2v) is 4.06. The van der Waals surface area contributed by atoms with Crippen LogP contribution in [0.5, 0.6) is 0 Å². The topological polar surface area (TPSA) is 37.3 Å². The Kier molecular flexibility index (Phi) is 1.98. The largest absolute Gasteiger partial charge is 0.302 e. The molecule has 64 valence electrons. The first-order chi connectivity index (χ1) is 5.77. The van der Waals surface area contributed by atoms with Gasteiger partial charge in [0.05, 0.1) is 4.90 Å². The zero-order valence-corrected chi connectivity index (χ0v) is 7.38. The van der Waals surface area contributed by atoms with Gasteiger partial charge in [0.2, 0.25) is 0 Å². The van der Waals surface area contributed by atoms with E-state index in [9.17, 15) is 4.21 Å². The highest BCUT2D eigenvalue weighted by Crippen LogP contribution is 2.39. The van der Waals surface area contributed by atoms with Gasteiger partial charge < -0.3 is 4.55 Å². The summed E-state index contributed by atoms with van der Waals surface area (Å²) in [6, 6.07) is 7.34. The first-order valence-corrected chi connectivity index (χ1v) is 5.09. The predicted molar refractivity (Wildman–Crippen MR) is 47.5 cm³/mol. The lowest BCUT2D eigenvalue weighted by atomic mass is 10.1. The lowest BCUT2D eigenvalue weighted by Gasteiger charge is -1.98. The van der Waals surface area contributed by atoms with Crippen LogP contribution in [0.2, 0.25) is 0 Å². The highest BCUT2D eigenvalue weighted by atomic mass is 32.2. The molecule has 1 aromatic carbocycles. The van der Waals surface area contributed by atoms with Gasteiger partial charge in [-0.15, -0.1) is 0 Å². The van der Waals surface area contributed by atoms with Gasteiger partial charge in [-0.05, 0) is 36.5 Å². The van der Waals surface area contributed by atoms with Crippen molar-refractivity contribution in [3.05, 3.63) is 29.8 Å². The van der Waals surface area contributed by atoms with Crippen LogP contribution in [-0.2, 0) is 11.1 Å². The molecule has 0 bridgehead atoms. The maximum Gasteiger partial charge on any atom is 0.186 e. The van der Waals surface area contributed by atoms with Crippen molar-refractivity contribution in [1.82, 2.24) is 0 Å². The normalized spacial score (nSPS) is 19.1. The maximum absolute atomic E-state index is 10.6. The molecule has 0 amide bonds. The minimum Gasteiger partial charge on any atom is -0.302 e. The molecule has 2 nitrogen and oxygen atoms in total. The molecular weight excluding hydrogens is 172 g/mol. The monoisotopic (exact) mass is 182 g/mol. The van der Waals surface area contributed by atoms with Crippen molar-refractivity contribution in [2.75, 3.05) is 0 Å². The molecule has 0 aliphatic heterocycles. The second kappa shape index (κ2) is 2.99. The Labute approximate surface area is 73.9 Å². The van der Waals surface area contributed by atoms with Crippen LogP contribution in [0.25, 0.3) is 0 Å². The average Bonchev–Trinajstić information content (AvgIpc) is 2.87. The fourth-order valence-corrected chi connectivity index (χ4v) is 1.64. The Morgan fingerprint density at radius 1 is 1.25 bits per heavy atom. The summed E-state index contributed by atoms with van der Waals surface area (Å²) in [5.41, 5.74) is 1.30. The molecule has 12 heavy (non-hydrogen) atoms. The molecule has 1 atom stereocenters. The predicted octanol–water partition coefficient (Wildman–Crippen LogP) is 2.14. The standard InChI is InChI=1S/C9H10O2S/c10-12(11)9-5-3-8(4-6-9)7-1-2-7/h3-7H,1-2H2,(H,10,11). The first-order valence-electron chi connectivity index (χ1n) is 3.98. The zero-order chi connectivity index (χ0) is 8.55. The van der Waals surface area contributed by atoms with Gasteiger partial charge in [0.15, 0.2) is 11.1 Å². The maximum atomic E-state index is 10.6. The van der Waals surface area contributed by atoms with Crippen molar-refractivity contribution in [3.63, 3.8) is 0 Å². The van der Waals surface area contributed by atoms with Gasteiger partial charge in [0.1, 0.15) is 0 Å². The van der Waals surface area contributed by atoms with E-state index in [-0.39, 0.29) is 0 Å². The molecule has 1 unspecified atom stereocenters. The van der Waals surface area contributed by atoms with E-state index in [1.54, 1.807) is 12.1 Å². The van der Waals surface area contributed by atoms with Crippen molar-refractivity contribution >= 4 is 11.1 Å². The Bertz CT molecular complexity index is 301. The molecule has 1 aliphatic rings. The number of hydrogen-bond acceptors (Lipinski definition) is 1. The number of rotatable bonds is 2. The van der Waals surface area contributed by atoms with Crippen molar-refractivity contribution in [3.8, 4) is 0 Å². The van der Waals surface area contributed by atoms with Crippen LogP contribution in [0.1, 0.15) is 24.3 Å². The van der Waals surface area contributed by atoms with E-state index >= 15 is 0 Å². The molecule has 1 aliphatic carbocycles. The van der Waals surface area contributed by atoms with Crippen LogP contribution in [-0.4, -0.2) is 8.76 Å². The third-order valence-electron chi connectivity index (χ3n) is 2.13. The molecule has 1 fully saturated rings. The molecule has 3 heteroatoms. The van der Waals surface area contributed by atoms with Gasteiger partial charge in [-0.3, -0.25) is 0 Å². The number of benzene rings is 1. The van der Waals surface area contributed by atoms with E-state index in [4.69, 9.17) is 4.55 Å². The van der Waals surface area contributed by atoms with Crippen LogP contribution >= 0.6 is 0 Å². The second-order valence-electron chi connectivity index (χ2n) is 3.09. The first kappa shape index (κ1) is 7.95. The Balaban J connectivity index is 2.24. The zero-order valence-electron chi connectivity index (χ0n) is 6.56. The van der Waals surface area contributed by atoms with Crippen LogP contribution in [0.15, 0.2) is 29.2 Å². The quantitative estimate of drug-likeness (QED) is 0.711. The lowest BCUT2D eigenvalue weighted by Crippen LogP contribution is -1.88. The molecule has 0 spiro atoms. The lowest BCUT2D eigenvalue weighted by molar-refractivity contribution is 0.564. The van der Waals surface area contributed by atoms with Gasteiger partial charge in [-0.25, -0.2) is 4.21 Å². The third kappa shape index (κ3) is 1.57. The van der Waals surface area contributed by atoms with Crippen LogP contribution in [0.4, 0.5) is 0 Å². The van der Waals surface area contributed by atoms with Crippen molar-refractivity contribution in [1.29, 1.82) is 0 Å². The third-order valence-corrected chi connectivity index (χ3v) is 2.81. The van der Waals surface area contributed by atoms with E-state index in [1.807, 2.05) is 12.1 Å². The summed E-state index contributed by atoms with van der Waals surface area (Å²) in [6.07, 6.45) is 2.53. The van der Waals surface area contributed by atoms with E-state index in [0.29, 0.717) is 10.8 Å². The minimum atomic E-state index is -1.83. The van der Waals surface area contributed by atoms with Gasteiger partial charge in [-0.2, -0.15) is 0 Å². The average molecular weight is 182 g/mol. The highest BCUT2D eigenvalue weighted by Gasteiger charge is 2.23. The van der Waals surface area contributed by atoms with E-state index < -0.39 is 11.1 Å². The molecule has 0 heterocycles. The van der Waals surface area contributed by atoms with Gasteiger partial charge >= 0.3 is 0 Å². The molecule has 0 aromatic heterocycles. The molecular formula is C9H10O2S. The van der Waals surface area contributed by atoms with E-state index in [2.05, 4.69) is 0 Å². The Hall–Kier alpha value is -0.670. The number of hydrogen-bond donors (Lipinski definition) is 1. The fraction of sp³-hybridized carbons (Fsp3) is 0.333. The van der Waals surface area contributed by atoms with Crippen molar-refractivity contribution < 1.29 is 8.76 Å². The van der Waals surface area contributed by atoms with Crippen LogP contribution in [0, 0.1) is 0 Å². The summed E-state index contributed by atoms with van der Waals surface area (Å²) in [4.78, 5) is 0.486. The van der Waals surface area contributed by atoms with Gasteiger partial charge in [-0.1, -0.05) is 12.1 Å². The minimum absolute atomic E-state index is 0.486. The summed E-state index contributed by atoms with van der Waals surface area (Å²) < 4.78 is 19.3. The Morgan fingerprint density at radius 2 is 1.83 bits per heavy atom. The fourth-order valence-electron chi connectivity index (χ4n) is 1.27. The smallest absolute Gasteiger partial charge is 0.186 e.